The first-order valence-corrected chi connectivity index (χ1v) is 8.98. The minimum atomic E-state index is -0.397. The zero-order chi connectivity index (χ0) is 19.5. The lowest BCUT2D eigenvalue weighted by atomic mass is 10.2. The lowest BCUT2D eigenvalue weighted by Crippen LogP contribution is -2.34. The molecule has 0 saturated carbocycles. The van der Waals surface area contributed by atoms with E-state index in [0.29, 0.717) is 12.2 Å². The van der Waals surface area contributed by atoms with Gasteiger partial charge in [0.05, 0.1) is 19.4 Å². The Bertz CT molecular complexity index is 768. The lowest BCUT2D eigenvalue weighted by Gasteiger charge is -2.07. The fraction of sp³-hybridized carbons (Fsp3) is 0.286. The van der Waals surface area contributed by atoms with Crippen molar-refractivity contribution in [3.8, 4) is 5.75 Å². The largest absolute Gasteiger partial charge is 0.494 e. The highest BCUT2D eigenvalue weighted by atomic mass is 16.5. The molecule has 2 N–H and O–H groups in total. The van der Waals surface area contributed by atoms with E-state index in [2.05, 4.69) is 22.8 Å². The van der Waals surface area contributed by atoms with Crippen LogP contribution < -0.4 is 15.5 Å². The van der Waals surface area contributed by atoms with Crippen molar-refractivity contribution in [2.24, 2.45) is 5.10 Å². The first-order chi connectivity index (χ1) is 13.1. The molecule has 0 aliphatic heterocycles. The summed E-state index contributed by atoms with van der Waals surface area (Å²) in [7, 11) is 0. The van der Waals surface area contributed by atoms with Crippen LogP contribution in [0.15, 0.2) is 53.6 Å². The summed E-state index contributed by atoms with van der Waals surface area (Å²) in [6.45, 7) is 4.60. The molecule has 0 radical (unpaired) electrons. The summed E-state index contributed by atoms with van der Waals surface area (Å²) in [5, 5.41) is 6.44. The molecule has 2 aromatic rings. The Hall–Kier alpha value is -3.15. The van der Waals surface area contributed by atoms with Gasteiger partial charge in [-0.1, -0.05) is 43.2 Å². The monoisotopic (exact) mass is 367 g/mol. The van der Waals surface area contributed by atoms with Crippen molar-refractivity contribution in [2.75, 3.05) is 13.2 Å². The normalized spacial score (nSPS) is 10.6. The summed E-state index contributed by atoms with van der Waals surface area (Å²) in [6.07, 6.45) is 3.61. The van der Waals surface area contributed by atoms with Gasteiger partial charge in [-0.3, -0.25) is 9.59 Å². The summed E-state index contributed by atoms with van der Waals surface area (Å²) < 4.78 is 5.55. The van der Waals surface area contributed by atoms with Crippen molar-refractivity contribution >= 4 is 18.0 Å². The molecule has 2 amide bonds. The highest BCUT2D eigenvalue weighted by molar-refractivity contribution is 5.96. The average molecular weight is 367 g/mol. The van der Waals surface area contributed by atoms with Crippen molar-refractivity contribution in [3.63, 3.8) is 0 Å². The zero-order valence-electron chi connectivity index (χ0n) is 15.7. The molecule has 142 valence electrons. The second kappa shape index (κ2) is 10.8. The molecule has 0 bridgehead atoms. The minimum absolute atomic E-state index is 0.154. The number of aryl methyl sites for hydroxylation is 1. The maximum absolute atomic E-state index is 12.1. The van der Waals surface area contributed by atoms with Crippen LogP contribution in [0.2, 0.25) is 0 Å². The van der Waals surface area contributed by atoms with E-state index >= 15 is 0 Å². The molecular formula is C21H25N3O3. The number of hydrogen-bond acceptors (Lipinski definition) is 4. The maximum atomic E-state index is 12.1. The van der Waals surface area contributed by atoms with Gasteiger partial charge in [0, 0.05) is 5.56 Å². The van der Waals surface area contributed by atoms with Crippen molar-refractivity contribution in [1.82, 2.24) is 10.7 Å². The molecule has 0 aromatic heterocycles. The maximum Gasteiger partial charge on any atom is 0.259 e. The first-order valence-electron chi connectivity index (χ1n) is 8.98. The second-order valence-corrected chi connectivity index (χ2v) is 6.11. The van der Waals surface area contributed by atoms with E-state index in [0.717, 1.165) is 29.7 Å². The van der Waals surface area contributed by atoms with Crippen LogP contribution in [0.1, 0.15) is 41.3 Å². The van der Waals surface area contributed by atoms with Gasteiger partial charge in [-0.25, -0.2) is 5.43 Å². The fourth-order valence-corrected chi connectivity index (χ4v) is 2.17. The quantitative estimate of drug-likeness (QED) is 0.406. The topological polar surface area (TPSA) is 79.8 Å². The summed E-state index contributed by atoms with van der Waals surface area (Å²) in [6, 6.07) is 14.6. The van der Waals surface area contributed by atoms with Crippen LogP contribution in [0.3, 0.4) is 0 Å². The van der Waals surface area contributed by atoms with E-state index < -0.39 is 5.91 Å². The van der Waals surface area contributed by atoms with Gasteiger partial charge < -0.3 is 10.1 Å². The fourth-order valence-electron chi connectivity index (χ4n) is 2.17. The van der Waals surface area contributed by atoms with Gasteiger partial charge in [-0.15, -0.1) is 0 Å². The molecule has 6 nitrogen and oxygen atoms in total. The Balaban J connectivity index is 1.74. The molecule has 2 aromatic carbocycles. The van der Waals surface area contributed by atoms with Crippen molar-refractivity contribution in [3.05, 3.63) is 65.2 Å². The molecule has 0 heterocycles. The Morgan fingerprint density at radius 1 is 1.07 bits per heavy atom. The summed E-state index contributed by atoms with van der Waals surface area (Å²) >= 11 is 0. The molecule has 0 aliphatic carbocycles. The Labute approximate surface area is 159 Å². The van der Waals surface area contributed by atoms with Gasteiger partial charge >= 0.3 is 0 Å². The predicted molar refractivity (Wildman–Crippen MR) is 106 cm³/mol. The van der Waals surface area contributed by atoms with Gasteiger partial charge in [0.2, 0.25) is 0 Å². The smallest absolute Gasteiger partial charge is 0.259 e. The Morgan fingerprint density at radius 2 is 1.78 bits per heavy atom. The molecule has 0 atom stereocenters. The number of nitrogens with one attached hydrogen (secondary N) is 2. The molecule has 0 aliphatic rings. The molecule has 0 fully saturated rings. The SMILES string of the molecule is CCCCOc1ccc(C(=O)NCC(=O)NN=Cc2ccc(C)cc2)cc1. The third-order valence-corrected chi connectivity index (χ3v) is 3.77. The number of amides is 2. The zero-order valence-corrected chi connectivity index (χ0v) is 15.7. The number of hydrogen-bond donors (Lipinski definition) is 2. The van der Waals surface area contributed by atoms with Gasteiger partial charge in [0.25, 0.3) is 11.8 Å². The summed E-state index contributed by atoms with van der Waals surface area (Å²) in [5.41, 5.74) is 4.89. The number of carbonyl (C=O) groups is 2. The molecule has 27 heavy (non-hydrogen) atoms. The summed E-state index contributed by atoms with van der Waals surface area (Å²) in [5.74, 6) is 0.00203. The Morgan fingerprint density at radius 3 is 2.44 bits per heavy atom. The standard InChI is InChI=1S/C21H25N3O3/c1-3-4-13-27-19-11-9-18(10-12-19)21(26)22-15-20(25)24-23-14-17-7-5-16(2)6-8-17/h5-12,14H,3-4,13,15H2,1-2H3,(H,22,26)(H,24,25). The number of unbranched alkanes of at least 4 members (excludes halogenated alkanes) is 1. The average Bonchev–Trinajstić information content (AvgIpc) is 2.68. The van der Waals surface area contributed by atoms with Crippen LogP contribution in [0.25, 0.3) is 0 Å². The molecule has 6 heteroatoms. The van der Waals surface area contributed by atoms with Crippen molar-refractivity contribution in [2.45, 2.75) is 26.7 Å². The third-order valence-electron chi connectivity index (χ3n) is 3.77. The highest BCUT2D eigenvalue weighted by Crippen LogP contribution is 2.12. The first kappa shape index (κ1) is 20.2. The van der Waals surface area contributed by atoms with Gasteiger partial charge in [-0.2, -0.15) is 5.10 Å². The molecular weight excluding hydrogens is 342 g/mol. The number of rotatable bonds is 9. The second-order valence-electron chi connectivity index (χ2n) is 6.11. The number of carbonyl (C=O) groups excluding carboxylic acids is 2. The van der Waals surface area contributed by atoms with Crippen LogP contribution in [-0.2, 0) is 4.79 Å². The highest BCUT2D eigenvalue weighted by Gasteiger charge is 2.07. The number of hydrazone groups is 1. The summed E-state index contributed by atoms with van der Waals surface area (Å²) in [4.78, 5) is 23.8. The number of ether oxygens (including phenoxy) is 1. The van der Waals surface area contributed by atoms with Gasteiger partial charge in [0.15, 0.2) is 0 Å². The van der Waals surface area contributed by atoms with E-state index in [1.807, 2.05) is 31.2 Å². The predicted octanol–water partition coefficient (Wildman–Crippen LogP) is 3.05. The van der Waals surface area contributed by atoms with E-state index in [9.17, 15) is 9.59 Å². The molecule has 0 spiro atoms. The van der Waals surface area contributed by atoms with E-state index in [-0.39, 0.29) is 12.5 Å². The van der Waals surface area contributed by atoms with Crippen LogP contribution in [0, 0.1) is 6.92 Å². The van der Waals surface area contributed by atoms with E-state index in [1.165, 1.54) is 0 Å². The van der Waals surface area contributed by atoms with Crippen LogP contribution in [-0.4, -0.2) is 31.2 Å². The van der Waals surface area contributed by atoms with E-state index in [1.54, 1.807) is 30.5 Å². The van der Waals surface area contributed by atoms with Gasteiger partial charge in [-0.05, 0) is 43.2 Å². The Kier molecular flexibility index (Phi) is 8.03. The van der Waals surface area contributed by atoms with Crippen LogP contribution >= 0.6 is 0 Å². The number of benzene rings is 2. The van der Waals surface area contributed by atoms with Crippen LogP contribution in [0.5, 0.6) is 5.75 Å². The molecule has 0 unspecified atom stereocenters. The lowest BCUT2D eigenvalue weighted by molar-refractivity contribution is -0.120. The molecule has 2 rings (SSSR count). The van der Waals surface area contributed by atoms with Crippen molar-refractivity contribution in [1.29, 1.82) is 0 Å². The third kappa shape index (κ3) is 7.32. The number of nitrogens with zero attached hydrogens (tertiary/aromatic N) is 1. The van der Waals surface area contributed by atoms with Crippen molar-refractivity contribution < 1.29 is 14.3 Å². The van der Waals surface area contributed by atoms with Crippen LogP contribution in [0.4, 0.5) is 0 Å². The van der Waals surface area contributed by atoms with E-state index in [4.69, 9.17) is 4.74 Å². The van der Waals surface area contributed by atoms with Gasteiger partial charge in [0.1, 0.15) is 5.75 Å². The minimum Gasteiger partial charge on any atom is -0.494 e. The molecule has 0 saturated heterocycles.